The van der Waals surface area contributed by atoms with Crippen LogP contribution in [0.2, 0.25) is 0 Å². The number of nitriles is 2. The minimum Gasteiger partial charge on any atom is -0.504 e. The first-order valence-corrected chi connectivity index (χ1v) is 29.6. The highest BCUT2D eigenvalue weighted by Gasteiger charge is 2.59. The van der Waals surface area contributed by atoms with Crippen LogP contribution in [0.3, 0.4) is 0 Å². The number of rotatable bonds is 9. The molecule has 2 saturated heterocycles. The van der Waals surface area contributed by atoms with Gasteiger partial charge in [-0.15, -0.1) is 0 Å². The molecule has 8 heterocycles. The molecule has 1 amide bonds. The number of hydrogen-bond donors (Lipinski definition) is 4. The standard InChI is InChI=1S/C38H37F3N4O7.C28H32N4O6.2CH4/c1-18-11-22-13-25-27(15-42)45-26(32(44(25)4)30(22)33(48)34(18)49-5)14-24-31(37-36(50-17-51-37)19(2)35(24)52-20(3)46)28(45)16-43-29(47)10-9-21-7-6-8-23(12-21)38(39,40)41;1-12-6-15-7-17-19(9-29)32-18(23(31(17)4)21(15)24(34)25(12)35-5)8-16-22(20(32)10-30)28-27(36-11-37-28)13(2)26(16)38-14(3)33;;/h6-12,25-28,32,48H,13-14,16-17H2,1-5H3,(H,43,47);6,17-20,23,34H,7-8,10-11,30H2,1-5H3;2*1H4/b10-9+;;;/t25-,26?,27-,28-,32-;17-,18?,19-,20-,23-;;/m00../s1. The lowest BCUT2D eigenvalue weighted by Gasteiger charge is -2.60. The smallest absolute Gasteiger partial charge is 0.416 e. The summed E-state index contributed by atoms with van der Waals surface area (Å²) in [5.74, 6) is 2.10. The largest absolute Gasteiger partial charge is 0.504 e. The number of nitrogens with two attached hydrogens (primary N) is 1. The number of aromatic hydroxyl groups is 2. The normalized spacial score (nSPS) is 24.4. The van der Waals surface area contributed by atoms with Gasteiger partial charge in [0.2, 0.25) is 19.5 Å². The van der Waals surface area contributed by atoms with Crippen LogP contribution < -0.4 is 48.9 Å². The number of amides is 1. The van der Waals surface area contributed by atoms with Crippen LogP contribution >= 0.6 is 0 Å². The topological polar surface area (TPSA) is 264 Å². The van der Waals surface area contributed by atoms with Crippen LogP contribution in [0.1, 0.15) is 131 Å². The zero-order chi connectivity index (χ0) is 64.3. The lowest BCUT2D eigenvalue weighted by Crippen LogP contribution is -2.68. The van der Waals surface area contributed by atoms with Crippen LogP contribution in [0, 0.1) is 50.4 Å². The summed E-state index contributed by atoms with van der Waals surface area (Å²) in [6, 6.07) is 9.70. The molecular weight excluding hydrogens is 1190 g/mol. The Hall–Kier alpha value is -8.78. The van der Waals surface area contributed by atoms with Gasteiger partial charge in [-0.2, -0.15) is 23.7 Å². The molecule has 488 valence electrons. The Balaban J connectivity index is 0.000000206. The van der Waals surface area contributed by atoms with Gasteiger partial charge >= 0.3 is 18.1 Å². The number of methoxy groups -OCH3 is 2. The summed E-state index contributed by atoms with van der Waals surface area (Å²) in [6.45, 7) is 10.2. The van der Waals surface area contributed by atoms with E-state index in [1.165, 1.54) is 39.2 Å². The SMILES string of the molecule is C.C.COc1c(C)cc2c(c1O)[C@@H]1C3Cc4c(OC(C)=O)c(C)c5c(c4[C@H](CN)N3[C@@H](C#N)[C@H](C2)N1C)OCO5.COc1c(C)cc2c(c1O)[C@@H]1C3Cc4c(OC(C)=O)c(C)c5c(c4[C@H](CNC(=O)/C=C/c4cccc(C(F)(F)F)c4)N3[C@@H](C#N)[C@H](C2)N1C)OCO5. The molecule has 8 aliphatic heterocycles. The van der Waals surface area contributed by atoms with Gasteiger partial charge in [-0.3, -0.25) is 34.0 Å². The molecule has 0 aliphatic carbocycles. The predicted octanol–water partition coefficient (Wildman–Crippen LogP) is 8.97. The van der Waals surface area contributed by atoms with Crippen LogP contribution in [-0.4, -0.2) is 139 Å². The van der Waals surface area contributed by atoms with Crippen molar-refractivity contribution in [3.63, 3.8) is 0 Å². The fourth-order valence-electron chi connectivity index (χ4n) is 15.9. The third-order valence-electron chi connectivity index (χ3n) is 19.4. The molecule has 2 fully saturated rings. The first kappa shape index (κ1) is 66.2. The maximum absolute atomic E-state index is 13.3. The molecule has 92 heavy (non-hydrogen) atoms. The van der Waals surface area contributed by atoms with E-state index in [1.54, 1.807) is 14.0 Å². The van der Waals surface area contributed by atoms with Gasteiger partial charge in [0.05, 0.1) is 56.1 Å². The summed E-state index contributed by atoms with van der Waals surface area (Å²) in [6.07, 6.45) is -0.276. The van der Waals surface area contributed by atoms with Crippen LogP contribution in [0.4, 0.5) is 13.2 Å². The second-order valence-corrected chi connectivity index (χ2v) is 24.1. The predicted molar refractivity (Wildman–Crippen MR) is 331 cm³/mol. The third-order valence-corrected chi connectivity index (χ3v) is 19.4. The van der Waals surface area contributed by atoms with E-state index in [0.29, 0.717) is 93.1 Å². The van der Waals surface area contributed by atoms with E-state index < -0.39 is 59.8 Å². The molecule has 21 nitrogen and oxygen atoms in total. The number of piperazine rings is 2. The maximum atomic E-state index is 13.3. The number of nitrogens with one attached hydrogen (secondary N) is 1. The first-order valence-electron chi connectivity index (χ1n) is 29.6. The second kappa shape index (κ2) is 25.0. The summed E-state index contributed by atoms with van der Waals surface area (Å²) in [7, 11) is 6.99. The Morgan fingerprint density at radius 2 is 1.12 bits per heavy atom. The quantitative estimate of drug-likeness (QED) is 0.0609. The van der Waals surface area contributed by atoms with Gasteiger partial charge < -0.3 is 59.2 Å². The highest BCUT2D eigenvalue weighted by atomic mass is 19.4. The van der Waals surface area contributed by atoms with E-state index >= 15 is 0 Å². The molecule has 5 N–H and O–H groups in total. The third kappa shape index (κ3) is 10.5. The number of benzene rings is 5. The number of esters is 2. The molecule has 10 atom stereocenters. The zero-order valence-corrected chi connectivity index (χ0v) is 51.3. The van der Waals surface area contributed by atoms with Crippen molar-refractivity contribution in [2.45, 2.75) is 149 Å². The molecule has 2 unspecified atom stereocenters. The number of halogens is 3. The van der Waals surface area contributed by atoms with Crippen molar-refractivity contribution in [2.24, 2.45) is 5.73 Å². The highest BCUT2D eigenvalue weighted by Crippen LogP contribution is 2.61. The number of phenols is 2. The Bertz CT molecular complexity index is 3960. The number of ether oxygens (including phenoxy) is 8. The van der Waals surface area contributed by atoms with Gasteiger partial charge in [0, 0.05) is 102 Å². The van der Waals surface area contributed by atoms with Crippen molar-refractivity contribution in [3.8, 4) is 69.6 Å². The minimum absolute atomic E-state index is 0. The monoisotopic (exact) mass is 1270 g/mol. The number of carbonyl (C=O) groups is 3. The molecule has 13 rings (SSSR count). The fourth-order valence-corrected chi connectivity index (χ4v) is 15.9. The average Bonchev–Trinajstić information content (AvgIpc) is 0.893. The van der Waals surface area contributed by atoms with Crippen LogP contribution in [0.5, 0.6) is 57.5 Å². The van der Waals surface area contributed by atoms with E-state index in [2.05, 4.69) is 43.1 Å². The second-order valence-electron chi connectivity index (χ2n) is 24.1. The van der Waals surface area contributed by atoms with Crippen molar-refractivity contribution < 1.29 is 75.7 Å². The molecule has 5 aromatic carbocycles. The highest BCUT2D eigenvalue weighted by molar-refractivity contribution is 5.92. The van der Waals surface area contributed by atoms with Crippen molar-refractivity contribution >= 4 is 23.9 Å². The van der Waals surface area contributed by atoms with Crippen molar-refractivity contribution in [2.75, 3.05) is 55.0 Å². The molecule has 0 saturated carbocycles. The fraction of sp³-hybridized carbons (Fsp3) is 0.456. The average molecular weight is 1270 g/mol. The van der Waals surface area contributed by atoms with Gasteiger partial charge in [0.15, 0.2) is 46.0 Å². The summed E-state index contributed by atoms with van der Waals surface area (Å²) in [5.41, 5.74) is 15.0. The first-order chi connectivity index (χ1) is 43.0. The molecule has 24 heteroatoms. The number of likely N-dealkylation sites (N-methyl/N-ethyl adjacent to an activating group) is 2. The number of hydrogen-bond acceptors (Lipinski definition) is 20. The number of phenolic OH excluding ortho intramolecular Hbond substituents is 2. The number of fused-ring (bicyclic) bond motifs is 18. The molecule has 0 aromatic heterocycles. The summed E-state index contributed by atoms with van der Waals surface area (Å²) >= 11 is 0. The Morgan fingerprint density at radius 1 is 0.674 bits per heavy atom. The molecule has 0 radical (unpaired) electrons. The summed E-state index contributed by atoms with van der Waals surface area (Å²) < 4.78 is 86.4. The van der Waals surface area contributed by atoms with Gasteiger partial charge in [-0.1, -0.05) is 39.1 Å². The number of alkyl halides is 3. The molecule has 4 bridgehead atoms. The van der Waals surface area contributed by atoms with Crippen molar-refractivity contribution in [3.05, 3.63) is 120 Å². The Morgan fingerprint density at radius 3 is 1.54 bits per heavy atom. The van der Waals surface area contributed by atoms with Crippen LogP contribution in [0.25, 0.3) is 6.08 Å². The molecule has 0 spiro atoms. The summed E-state index contributed by atoms with van der Waals surface area (Å²) in [5, 5.41) is 47.4. The van der Waals surface area contributed by atoms with Gasteiger partial charge in [0.25, 0.3) is 0 Å². The van der Waals surface area contributed by atoms with Gasteiger partial charge in [-0.05, 0) is 113 Å². The lowest BCUT2D eigenvalue weighted by molar-refractivity contribution is -0.137. The van der Waals surface area contributed by atoms with Crippen LogP contribution in [0.15, 0.2) is 42.5 Å². The maximum Gasteiger partial charge on any atom is 0.416 e. The van der Waals surface area contributed by atoms with E-state index in [9.17, 15) is 48.3 Å². The van der Waals surface area contributed by atoms with Crippen LogP contribution in [-0.2, 0) is 46.2 Å². The molecule has 8 aliphatic rings. The number of nitrogens with zero attached hydrogens (tertiary/aromatic N) is 6. The van der Waals surface area contributed by atoms with Gasteiger partial charge in [-0.25, -0.2) is 0 Å². The summed E-state index contributed by atoms with van der Waals surface area (Å²) in [4.78, 5) is 46.6. The number of carbonyl (C=O) groups excluding carboxylic acids is 3. The minimum atomic E-state index is -4.54. The van der Waals surface area contributed by atoms with E-state index in [-0.39, 0.29) is 95.2 Å². The molecular formula is C68H77F3N8O13. The molecule has 5 aromatic rings. The van der Waals surface area contributed by atoms with Gasteiger partial charge in [0.1, 0.15) is 23.6 Å². The lowest BCUT2D eigenvalue weighted by atomic mass is 9.71. The zero-order valence-electron chi connectivity index (χ0n) is 51.3. The van der Waals surface area contributed by atoms with E-state index in [0.717, 1.165) is 57.2 Å². The van der Waals surface area contributed by atoms with Crippen molar-refractivity contribution in [1.29, 1.82) is 10.5 Å². The number of aryl methyl sites for hydroxylation is 2. The van der Waals surface area contributed by atoms with E-state index in [1.807, 2.05) is 40.9 Å². The Kier molecular flexibility index (Phi) is 18.0. The van der Waals surface area contributed by atoms with E-state index in [4.69, 9.17) is 43.6 Å². The Labute approximate surface area is 532 Å². The van der Waals surface area contributed by atoms with Crippen molar-refractivity contribution in [1.82, 2.24) is 24.9 Å².